The van der Waals surface area contributed by atoms with Crippen molar-refractivity contribution in [1.82, 2.24) is 10.1 Å². The molecular weight excluding hydrogens is 374 g/mol. The van der Waals surface area contributed by atoms with E-state index >= 15 is 0 Å². The minimum absolute atomic E-state index is 0.0686. The Morgan fingerprint density at radius 1 is 1.17 bits per heavy atom. The van der Waals surface area contributed by atoms with Gasteiger partial charge in [0.05, 0.1) is 6.20 Å². The molecule has 6 rings (SSSR count). The number of benzene rings is 1. The van der Waals surface area contributed by atoms with Gasteiger partial charge in [0.25, 0.3) is 5.91 Å². The van der Waals surface area contributed by atoms with E-state index in [9.17, 15) is 4.79 Å². The molecular formula is C25H31N3O2. The normalized spacial score (nSPS) is 30.0. The Labute approximate surface area is 178 Å². The Kier molecular flexibility index (Phi) is 4.31. The molecule has 3 unspecified atom stereocenters. The standard InChI is InChI=1S/C25H31N3O2/c1-17-6-7-21-20(14-17)25(16-28(21)24(29)23-8-11-26-30-23)9-12-27(13-10-25)22-15-18-4-2-3-5-19(18)22/h6-8,11,14,18-19,22H,2-5,9-10,12-13,15-16H2,1H3. The molecule has 4 aliphatic rings. The van der Waals surface area contributed by atoms with Crippen molar-refractivity contribution in [1.29, 1.82) is 0 Å². The van der Waals surface area contributed by atoms with Gasteiger partial charge in [0.2, 0.25) is 5.76 Å². The monoisotopic (exact) mass is 405 g/mol. The highest BCUT2D eigenvalue weighted by Gasteiger charge is 2.50. The number of amides is 1. The van der Waals surface area contributed by atoms with E-state index in [1.54, 1.807) is 12.3 Å². The zero-order valence-corrected chi connectivity index (χ0v) is 17.8. The summed E-state index contributed by atoms with van der Waals surface area (Å²) >= 11 is 0. The molecule has 1 aromatic heterocycles. The minimum atomic E-state index is -0.0686. The van der Waals surface area contributed by atoms with Crippen molar-refractivity contribution in [2.75, 3.05) is 24.5 Å². The molecule has 0 N–H and O–H groups in total. The van der Waals surface area contributed by atoms with Crippen LogP contribution in [0.15, 0.2) is 35.0 Å². The average molecular weight is 406 g/mol. The van der Waals surface area contributed by atoms with Crippen LogP contribution in [0, 0.1) is 18.8 Å². The third kappa shape index (κ3) is 2.78. The molecule has 1 saturated heterocycles. The van der Waals surface area contributed by atoms with Crippen LogP contribution < -0.4 is 4.90 Å². The SMILES string of the molecule is Cc1ccc2c(c1)C1(CCN(C3CC4CCCCC43)CC1)CN2C(=O)c1ccno1. The summed E-state index contributed by atoms with van der Waals surface area (Å²) in [6, 6.07) is 9.04. The van der Waals surface area contributed by atoms with Gasteiger partial charge in [0.15, 0.2) is 0 Å². The molecule has 2 aromatic rings. The van der Waals surface area contributed by atoms with Crippen molar-refractivity contribution in [2.45, 2.75) is 63.3 Å². The number of anilines is 1. The summed E-state index contributed by atoms with van der Waals surface area (Å²) in [7, 11) is 0. The summed E-state index contributed by atoms with van der Waals surface area (Å²) < 4.78 is 5.19. The minimum Gasteiger partial charge on any atom is -0.351 e. The van der Waals surface area contributed by atoms with Crippen LogP contribution in [0.2, 0.25) is 0 Å². The van der Waals surface area contributed by atoms with Gasteiger partial charge in [-0.3, -0.25) is 4.79 Å². The van der Waals surface area contributed by atoms with Crippen molar-refractivity contribution in [3.8, 4) is 0 Å². The summed E-state index contributed by atoms with van der Waals surface area (Å²) in [5, 5.41) is 3.74. The Morgan fingerprint density at radius 2 is 2.00 bits per heavy atom. The number of carbonyl (C=O) groups is 1. The predicted molar refractivity (Wildman–Crippen MR) is 116 cm³/mol. The number of hydrogen-bond acceptors (Lipinski definition) is 4. The molecule has 3 atom stereocenters. The second-order valence-corrected chi connectivity index (χ2v) is 10.1. The number of hydrogen-bond donors (Lipinski definition) is 0. The van der Waals surface area contributed by atoms with E-state index in [1.165, 1.54) is 43.2 Å². The number of likely N-dealkylation sites (tertiary alicyclic amines) is 1. The topological polar surface area (TPSA) is 49.6 Å². The lowest BCUT2D eigenvalue weighted by molar-refractivity contribution is -0.0381. The van der Waals surface area contributed by atoms with Crippen molar-refractivity contribution in [3.63, 3.8) is 0 Å². The Balaban J connectivity index is 1.24. The largest absolute Gasteiger partial charge is 0.351 e. The molecule has 0 bridgehead atoms. The summed E-state index contributed by atoms with van der Waals surface area (Å²) in [4.78, 5) is 17.9. The molecule has 5 heteroatoms. The van der Waals surface area contributed by atoms with Crippen molar-refractivity contribution < 1.29 is 9.32 Å². The number of nitrogens with zero attached hydrogens (tertiary/aromatic N) is 3. The van der Waals surface area contributed by atoms with Gasteiger partial charge in [-0.05, 0) is 69.2 Å². The predicted octanol–water partition coefficient (Wildman–Crippen LogP) is 4.56. The van der Waals surface area contributed by atoms with E-state index in [1.807, 2.05) is 4.90 Å². The van der Waals surface area contributed by atoms with Gasteiger partial charge in [0.1, 0.15) is 0 Å². The molecule has 3 heterocycles. The van der Waals surface area contributed by atoms with Gasteiger partial charge < -0.3 is 14.3 Å². The second-order valence-electron chi connectivity index (χ2n) is 10.1. The third-order valence-electron chi connectivity index (χ3n) is 8.60. The summed E-state index contributed by atoms with van der Waals surface area (Å²) in [6.07, 6.45) is 11.0. The molecule has 2 aliphatic heterocycles. The average Bonchev–Trinajstić information content (AvgIpc) is 3.38. The maximum absolute atomic E-state index is 13.1. The van der Waals surface area contributed by atoms with Crippen molar-refractivity contribution >= 4 is 11.6 Å². The molecule has 2 saturated carbocycles. The number of rotatable bonds is 2. The van der Waals surface area contributed by atoms with E-state index in [4.69, 9.17) is 4.52 Å². The first kappa shape index (κ1) is 18.6. The Morgan fingerprint density at radius 3 is 2.77 bits per heavy atom. The van der Waals surface area contributed by atoms with Gasteiger partial charge in [-0.2, -0.15) is 0 Å². The van der Waals surface area contributed by atoms with Crippen LogP contribution in [0.3, 0.4) is 0 Å². The fraction of sp³-hybridized carbons (Fsp3) is 0.600. The molecule has 5 nitrogen and oxygen atoms in total. The first-order valence-electron chi connectivity index (χ1n) is 11.7. The highest BCUT2D eigenvalue weighted by atomic mass is 16.5. The number of fused-ring (bicyclic) bond motifs is 3. The highest BCUT2D eigenvalue weighted by molar-refractivity contribution is 6.06. The summed E-state index contributed by atoms with van der Waals surface area (Å²) in [5.41, 5.74) is 3.77. The highest BCUT2D eigenvalue weighted by Crippen LogP contribution is 2.51. The van der Waals surface area contributed by atoms with E-state index in [2.05, 4.69) is 35.2 Å². The molecule has 1 aromatic carbocycles. The van der Waals surface area contributed by atoms with Crippen LogP contribution in [-0.4, -0.2) is 41.6 Å². The van der Waals surface area contributed by atoms with E-state index in [0.717, 1.165) is 56.0 Å². The van der Waals surface area contributed by atoms with Crippen molar-refractivity contribution in [2.24, 2.45) is 11.8 Å². The van der Waals surface area contributed by atoms with Crippen LogP contribution in [-0.2, 0) is 5.41 Å². The van der Waals surface area contributed by atoms with Gasteiger partial charge in [-0.15, -0.1) is 0 Å². The zero-order chi connectivity index (χ0) is 20.3. The lowest BCUT2D eigenvalue weighted by Crippen LogP contribution is -2.57. The maximum atomic E-state index is 13.1. The molecule has 1 spiro atoms. The fourth-order valence-corrected chi connectivity index (χ4v) is 6.88. The lowest BCUT2D eigenvalue weighted by atomic mass is 9.61. The number of carbonyl (C=O) groups excluding carboxylic acids is 1. The van der Waals surface area contributed by atoms with Gasteiger partial charge in [-0.1, -0.05) is 42.1 Å². The number of aromatic nitrogens is 1. The van der Waals surface area contributed by atoms with Crippen molar-refractivity contribution in [3.05, 3.63) is 47.3 Å². The fourth-order valence-electron chi connectivity index (χ4n) is 6.88. The van der Waals surface area contributed by atoms with Gasteiger partial charge >= 0.3 is 0 Å². The van der Waals surface area contributed by atoms with E-state index in [0.29, 0.717) is 5.76 Å². The molecule has 3 fully saturated rings. The molecule has 1 amide bonds. The first-order chi connectivity index (χ1) is 14.6. The maximum Gasteiger partial charge on any atom is 0.296 e. The Bertz CT molecular complexity index is 945. The quantitative estimate of drug-likeness (QED) is 0.735. The smallest absolute Gasteiger partial charge is 0.296 e. The van der Waals surface area contributed by atoms with Gasteiger partial charge in [0, 0.05) is 29.8 Å². The Hall–Kier alpha value is -2.14. The van der Waals surface area contributed by atoms with Crippen LogP contribution in [0.4, 0.5) is 5.69 Å². The second kappa shape index (κ2) is 6.94. The van der Waals surface area contributed by atoms with Crippen LogP contribution in [0.25, 0.3) is 0 Å². The zero-order valence-electron chi connectivity index (χ0n) is 17.8. The van der Waals surface area contributed by atoms with E-state index in [-0.39, 0.29) is 11.3 Å². The molecule has 0 radical (unpaired) electrons. The molecule has 158 valence electrons. The van der Waals surface area contributed by atoms with Gasteiger partial charge in [-0.25, -0.2) is 0 Å². The first-order valence-corrected chi connectivity index (χ1v) is 11.7. The summed E-state index contributed by atoms with van der Waals surface area (Å²) in [6.45, 7) is 5.23. The molecule has 2 aliphatic carbocycles. The van der Waals surface area contributed by atoms with Crippen LogP contribution >= 0.6 is 0 Å². The third-order valence-corrected chi connectivity index (χ3v) is 8.60. The lowest BCUT2D eigenvalue weighted by Gasteiger charge is -2.55. The molecule has 30 heavy (non-hydrogen) atoms. The van der Waals surface area contributed by atoms with Crippen LogP contribution in [0.5, 0.6) is 0 Å². The number of aryl methyl sites for hydroxylation is 1. The van der Waals surface area contributed by atoms with E-state index < -0.39 is 0 Å². The number of piperidine rings is 1. The summed E-state index contributed by atoms with van der Waals surface area (Å²) in [5.74, 6) is 2.22. The van der Waals surface area contributed by atoms with Crippen LogP contribution in [0.1, 0.15) is 66.6 Å².